The topological polar surface area (TPSA) is 61.8 Å². The molecule has 1 aromatic rings. The first-order valence-corrected chi connectivity index (χ1v) is 6.80. The van der Waals surface area contributed by atoms with Crippen molar-refractivity contribution in [2.24, 2.45) is 0 Å². The van der Waals surface area contributed by atoms with E-state index < -0.39 is 11.9 Å². The third-order valence-electron chi connectivity index (χ3n) is 2.22. The molecule has 0 saturated heterocycles. The van der Waals surface area contributed by atoms with Gasteiger partial charge in [0, 0.05) is 10.2 Å². The quantitative estimate of drug-likeness (QED) is 0.432. The summed E-state index contributed by atoms with van der Waals surface area (Å²) in [5.41, 5.74) is 0.648. The Kier molecular flexibility index (Phi) is 6.79. The molecular formula is C13H15IO5. The van der Waals surface area contributed by atoms with Gasteiger partial charge >= 0.3 is 11.9 Å². The molecule has 0 N–H and O–H groups in total. The van der Waals surface area contributed by atoms with Gasteiger partial charge in [-0.2, -0.15) is 0 Å². The molecule has 19 heavy (non-hydrogen) atoms. The molecule has 0 amide bonds. The van der Waals surface area contributed by atoms with Crippen LogP contribution in [0.4, 0.5) is 0 Å². The third kappa shape index (κ3) is 5.15. The Morgan fingerprint density at radius 3 is 2.32 bits per heavy atom. The van der Waals surface area contributed by atoms with Crippen molar-refractivity contribution in [3.63, 3.8) is 0 Å². The van der Waals surface area contributed by atoms with E-state index in [9.17, 15) is 9.59 Å². The molecule has 5 nitrogen and oxygen atoms in total. The minimum Gasteiger partial charge on any atom is -0.465 e. The van der Waals surface area contributed by atoms with Gasteiger partial charge in [0.2, 0.25) is 0 Å². The zero-order chi connectivity index (χ0) is 14.3. The Bertz CT molecular complexity index is 458. The zero-order valence-corrected chi connectivity index (χ0v) is 12.9. The molecule has 6 heteroatoms. The summed E-state index contributed by atoms with van der Waals surface area (Å²) >= 11 is 2.02. The number of benzene rings is 1. The average Bonchev–Trinajstić information content (AvgIpc) is 2.41. The normalized spacial score (nSPS) is 10.1. The summed E-state index contributed by atoms with van der Waals surface area (Å²) < 4.78 is 15.5. The van der Waals surface area contributed by atoms with Gasteiger partial charge in [0.25, 0.3) is 0 Å². The monoisotopic (exact) mass is 378 g/mol. The number of rotatable bonds is 6. The van der Waals surface area contributed by atoms with Crippen LogP contribution >= 0.6 is 22.6 Å². The van der Waals surface area contributed by atoms with Gasteiger partial charge in [-0.1, -0.05) is 0 Å². The molecule has 0 spiro atoms. The summed E-state index contributed by atoms with van der Waals surface area (Å²) in [6.45, 7) is 2.99. The number of carbonyl (C=O) groups excluding carboxylic acids is 2. The highest BCUT2D eigenvalue weighted by atomic mass is 127. The van der Waals surface area contributed by atoms with E-state index in [1.54, 1.807) is 12.1 Å². The van der Waals surface area contributed by atoms with Crippen molar-refractivity contribution in [1.82, 2.24) is 0 Å². The van der Waals surface area contributed by atoms with E-state index in [2.05, 4.69) is 4.74 Å². The van der Waals surface area contributed by atoms with Gasteiger partial charge in [-0.3, -0.25) is 0 Å². The van der Waals surface area contributed by atoms with Crippen molar-refractivity contribution < 1.29 is 23.8 Å². The molecule has 0 aromatic heterocycles. The van der Waals surface area contributed by atoms with Crippen molar-refractivity contribution in [2.45, 2.75) is 6.92 Å². The maximum absolute atomic E-state index is 11.8. The molecule has 0 heterocycles. The smallest absolute Gasteiger partial charge is 0.338 e. The van der Waals surface area contributed by atoms with E-state index >= 15 is 0 Å². The number of methoxy groups -OCH3 is 1. The molecule has 0 bridgehead atoms. The molecule has 0 atom stereocenters. The highest BCUT2D eigenvalue weighted by Crippen LogP contribution is 2.14. The van der Waals surface area contributed by atoms with Crippen LogP contribution in [0.2, 0.25) is 0 Å². The van der Waals surface area contributed by atoms with E-state index in [0.29, 0.717) is 24.3 Å². The molecule has 0 unspecified atom stereocenters. The fraction of sp³-hybridized carbons (Fsp3) is 0.385. The second-order valence-corrected chi connectivity index (χ2v) is 4.80. The largest absolute Gasteiger partial charge is 0.465 e. The van der Waals surface area contributed by atoms with E-state index in [1.165, 1.54) is 13.2 Å². The van der Waals surface area contributed by atoms with E-state index in [0.717, 1.165) is 3.57 Å². The lowest BCUT2D eigenvalue weighted by Crippen LogP contribution is -2.12. The third-order valence-corrected chi connectivity index (χ3v) is 2.84. The second kappa shape index (κ2) is 8.11. The molecule has 104 valence electrons. The Morgan fingerprint density at radius 2 is 1.74 bits per heavy atom. The van der Waals surface area contributed by atoms with Gasteiger partial charge in [0.1, 0.15) is 6.61 Å². The van der Waals surface area contributed by atoms with Crippen molar-refractivity contribution in [3.8, 4) is 0 Å². The van der Waals surface area contributed by atoms with Gasteiger partial charge in [0.15, 0.2) is 0 Å². The molecule has 0 aliphatic rings. The number of hydrogen-bond acceptors (Lipinski definition) is 5. The molecule has 0 radical (unpaired) electrons. The number of carbonyl (C=O) groups is 2. The highest BCUT2D eigenvalue weighted by molar-refractivity contribution is 14.1. The highest BCUT2D eigenvalue weighted by Gasteiger charge is 2.13. The maximum atomic E-state index is 11.8. The summed E-state index contributed by atoms with van der Waals surface area (Å²) in [6, 6.07) is 4.75. The summed E-state index contributed by atoms with van der Waals surface area (Å²) in [5, 5.41) is 0. The fourth-order valence-electron chi connectivity index (χ4n) is 1.36. The lowest BCUT2D eigenvalue weighted by molar-refractivity contribution is 0.0335. The summed E-state index contributed by atoms with van der Waals surface area (Å²) in [5.74, 6) is -0.967. The number of esters is 2. The van der Waals surface area contributed by atoms with E-state index in [1.807, 2.05) is 29.5 Å². The van der Waals surface area contributed by atoms with Crippen LogP contribution in [0.5, 0.6) is 0 Å². The van der Waals surface area contributed by atoms with Crippen LogP contribution in [0.3, 0.4) is 0 Å². The van der Waals surface area contributed by atoms with Gasteiger partial charge in [-0.25, -0.2) is 9.59 Å². The van der Waals surface area contributed by atoms with Crippen LogP contribution in [0, 0.1) is 3.57 Å². The molecule has 1 aromatic carbocycles. The molecule has 1 rings (SSSR count). The van der Waals surface area contributed by atoms with Gasteiger partial charge < -0.3 is 14.2 Å². The van der Waals surface area contributed by atoms with Gasteiger partial charge in [0.05, 0.1) is 24.8 Å². The molecule has 0 saturated carbocycles. The van der Waals surface area contributed by atoms with Crippen molar-refractivity contribution in [2.75, 3.05) is 26.9 Å². The molecule has 0 aliphatic heterocycles. The summed E-state index contributed by atoms with van der Waals surface area (Å²) in [7, 11) is 1.29. The zero-order valence-electron chi connectivity index (χ0n) is 10.8. The van der Waals surface area contributed by atoms with Crippen molar-refractivity contribution in [1.29, 1.82) is 0 Å². The Balaban J connectivity index is 2.74. The van der Waals surface area contributed by atoms with Crippen LogP contribution in [0.15, 0.2) is 18.2 Å². The predicted octanol–water partition coefficient (Wildman–Crippen LogP) is 2.27. The first-order valence-electron chi connectivity index (χ1n) is 5.72. The van der Waals surface area contributed by atoms with Gasteiger partial charge in [-0.15, -0.1) is 0 Å². The van der Waals surface area contributed by atoms with Crippen molar-refractivity contribution in [3.05, 3.63) is 32.9 Å². The standard InChI is InChI=1S/C13H15IO5/c1-3-18-4-5-19-13(16)10-6-9(12(15)17-2)7-11(14)8-10/h6-8H,3-5H2,1-2H3. The van der Waals surface area contributed by atoms with Crippen LogP contribution < -0.4 is 0 Å². The van der Waals surface area contributed by atoms with E-state index in [4.69, 9.17) is 9.47 Å². The summed E-state index contributed by atoms with van der Waals surface area (Å²) in [4.78, 5) is 23.2. The summed E-state index contributed by atoms with van der Waals surface area (Å²) in [6.07, 6.45) is 0. The van der Waals surface area contributed by atoms with Crippen LogP contribution in [-0.2, 0) is 14.2 Å². The minimum absolute atomic E-state index is 0.186. The Labute approximate surface area is 125 Å². The number of hydrogen-bond donors (Lipinski definition) is 0. The van der Waals surface area contributed by atoms with Crippen molar-refractivity contribution >= 4 is 34.5 Å². The van der Waals surface area contributed by atoms with Crippen LogP contribution in [-0.4, -0.2) is 38.9 Å². The number of ether oxygens (including phenoxy) is 3. The van der Waals surface area contributed by atoms with Gasteiger partial charge in [-0.05, 0) is 47.7 Å². The van der Waals surface area contributed by atoms with E-state index in [-0.39, 0.29) is 6.61 Å². The van der Waals surface area contributed by atoms with Crippen LogP contribution in [0.1, 0.15) is 27.6 Å². The first kappa shape index (κ1) is 15.9. The molecular weight excluding hydrogens is 363 g/mol. The number of halogens is 1. The first-order chi connectivity index (χ1) is 9.08. The average molecular weight is 378 g/mol. The molecule has 0 aliphatic carbocycles. The lowest BCUT2D eigenvalue weighted by atomic mass is 10.1. The van der Waals surface area contributed by atoms with Crippen LogP contribution in [0.25, 0.3) is 0 Å². The Morgan fingerprint density at radius 1 is 1.11 bits per heavy atom. The predicted molar refractivity (Wildman–Crippen MR) is 77.3 cm³/mol. The maximum Gasteiger partial charge on any atom is 0.338 e. The molecule has 0 fully saturated rings. The Hall–Kier alpha value is -1.15. The SMILES string of the molecule is CCOCCOC(=O)c1cc(I)cc(C(=O)OC)c1. The lowest BCUT2D eigenvalue weighted by Gasteiger charge is -2.07. The fourth-order valence-corrected chi connectivity index (χ4v) is 2.04. The minimum atomic E-state index is -0.484. The second-order valence-electron chi connectivity index (χ2n) is 3.55.